The molecule has 6 nitrogen and oxygen atoms in total. The highest BCUT2D eigenvalue weighted by Crippen LogP contribution is 2.67. The number of likely N-dealkylation sites (tertiary alicyclic amines) is 1. The van der Waals surface area contributed by atoms with Crippen molar-refractivity contribution in [1.29, 1.82) is 0 Å². The van der Waals surface area contributed by atoms with Gasteiger partial charge in [-0.05, 0) is 163 Å². The Labute approximate surface area is 389 Å². The minimum absolute atomic E-state index is 0.0425. The van der Waals surface area contributed by atoms with E-state index in [1.54, 1.807) is 5.57 Å². The maximum Gasteiger partial charge on any atom is 0.146 e. The second-order valence-electron chi connectivity index (χ2n) is 21.9. The first kappa shape index (κ1) is 52.9. The Bertz CT molecular complexity index is 1270. The van der Waals surface area contributed by atoms with Gasteiger partial charge in [0.2, 0.25) is 0 Å². The summed E-state index contributed by atoms with van der Waals surface area (Å²) in [6.45, 7) is 19.8. The molecule has 0 spiro atoms. The maximum absolute atomic E-state index is 6.50. The van der Waals surface area contributed by atoms with Crippen LogP contribution in [0.3, 0.4) is 0 Å². The van der Waals surface area contributed by atoms with E-state index in [2.05, 4.69) is 69.9 Å². The van der Waals surface area contributed by atoms with Gasteiger partial charge < -0.3 is 28.6 Å². The molecule has 4 fully saturated rings. The van der Waals surface area contributed by atoms with Gasteiger partial charge in [0.25, 0.3) is 0 Å². The zero-order chi connectivity index (χ0) is 44.4. The molecule has 8 atom stereocenters. The van der Waals surface area contributed by atoms with Crippen LogP contribution in [0, 0.1) is 40.4 Å². The number of ether oxygens (including phenoxy) is 5. The molecule has 5 aliphatic rings. The van der Waals surface area contributed by atoms with Crippen LogP contribution < -0.4 is 0 Å². The molecule has 0 aromatic carbocycles. The summed E-state index contributed by atoms with van der Waals surface area (Å²) in [6.07, 6.45) is 48.1. The summed E-state index contributed by atoms with van der Waals surface area (Å²) in [5.41, 5.74) is 2.70. The second kappa shape index (κ2) is 30.4. The number of unbranched alkanes of at least 4 members (excludes halogenated alkanes) is 10. The van der Waals surface area contributed by atoms with Gasteiger partial charge in [0.1, 0.15) is 6.79 Å². The molecule has 1 heterocycles. The number of hydrogen-bond acceptors (Lipinski definition) is 6. The molecule has 63 heavy (non-hydrogen) atoms. The van der Waals surface area contributed by atoms with Crippen LogP contribution in [0.2, 0.25) is 0 Å². The Hall–Kier alpha value is -1.02. The van der Waals surface area contributed by atoms with E-state index in [1.165, 1.54) is 154 Å². The minimum atomic E-state index is 0.0425. The first-order valence-electron chi connectivity index (χ1n) is 27.5. The zero-order valence-corrected chi connectivity index (χ0v) is 42.1. The van der Waals surface area contributed by atoms with Crippen molar-refractivity contribution in [1.82, 2.24) is 4.90 Å². The number of hydrogen-bond donors (Lipinski definition) is 0. The fourth-order valence-corrected chi connectivity index (χ4v) is 13.0. The van der Waals surface area contributed by atoms with E-state index in [4.69, 9.17) is 23.7 Å². The summed E-state index contributed by atoms with van der Waals surface area (Å²) in [7, 11) is 0. The fourth-order valence-electron chi connectivity index (χ4n) is 13.0. The molecule has 0 bridgehead atoms. The Morgan fingerprint density at radius 2 is 1.48 bits per heavy atom. The third kappa shape index (κ3) is 18.2. The van der Waals surface area contributed by atoms with Crippen LogP contribution in [0.4, 0.5) is 0 Å². The Morgan fingerprint density at radius 1 is 0.714 bits per heavy atom. The molecule has 1 unspecified atom stereocenters. The van der Waals surface area contributed by atoms with Crippen molar-refractivity contribution in [2.45, 2.75) is 220 Å². The SMILES string of the molecule is CCCCC/C=C\C/C=C\CCCCCCCCOCOCC(CN1CCCCC1)OCCOCCO[C@H]1CC[C@@]2(C)C(=CC[C@H]3[C@@H]4CC[C@H](CCCCC(C)C)[C@@]4(C)CC[C@@H]32)C1. The highest BCUT2D eigenvalue weighted by molar-refractivity contribution is 5.25. The smallest absolute Gasteiger partial charge is 0.146 e. The summed E-state index contributed by atoms with van der Waals surface area (Å²) in [5, 5.41) is 0. The van der Waals surface area contributed by atoms with Crippen molar-refractivity contribution in [3.63, 3.8) is 0 Å². The van der Waals surface area contributed by atoms with Crippen LogP contribution in [0.5, 0.6) is 0 Å². The van der Waals surface area contributed by atoms with Gasteiger partial charge >= 0.3 is 0 Å². The van der Waals surface area contributed by atoms with Crippen LogP contribution in [0.15, 0.2) is 36.0 Å². The highest BCUT2D eigenvalue weighted by Gasteiger charge is 2.58. The predicted octanol–water partition coefficient (Wildman–Crippen LogP) is 14.9. The average molecular weight is 880 g/mol. The van der Waals surface area contributed by atoms with Gasteiger partial charge in [0.05, 0.1) is 45.2 Å². The normalized spacial score (nSPS) is 29.4. The molecule has 0 radical (unpaired) electrons. The summed E-state index contributed by atoms with van der Waals surface area (Å²) < 4.78 is 30.8. The predicted molar refractivity (Wildman–Crippen MR) is 265 cm³/mol. The third-order valence-electron chi connectivity index (χ3n) is 16.9. The second-order valence-corrected chi connectivity index (χ2v) is 21.9. The van der Waals surface area contributed by atoms with Gasteiger partial charge in [-0.2, -0.15) is 0 Å². The molecule has 5 rings (SSSR count). The molecule has 0 amide bonds. The van der Waals surface area contributed by atoms with Crippen molar-refractivity contribution >= 4 is 0 Å². The van der Waals surface area contributed by atoms with E-state index in [1.807, 2.05) is 0 Å². The lowest BCUT2D eigenvalue weighted by atomic mass is 9.47. The molecule has 4 aliphatic carbocycles. The van der Waals surface area contributed by atoms with Gasteiger partial charge in [-0.1, -0.05) is 135 Å². The number of allylic oxidation sites excluding steroid dienone is 5. The lowest BCUT2D eigenvalue weighted by Crippen LogP contribution is -2.50. The molecule has 0 N–H and O–H groups in total. The topological polar surface area (TPSA) is 49.4 Å². The Morgan fingerprint density at radius 3 is 2.27 bits per heavy atom. The van der Waals surface area contributed by atoms with Gasteiger partial charge in [0.15, 0.2) is 0 Å². The zero-order valence-electron chi connectivity index (χ0n) is 42.1. The van der Waals surface area contributed by atoms with E-state index < -0.39 is 0 Å². The molecule has 3 saturated carbocycles. The number of fused-ring (bicyclic) bond motifs is 5. The molecule has 0 aromatic heterocycles. The summed E-state index contributed by atoms with van der Waals surface area (Å²) in [5.74, 6) is 4.54. The standard InChI is InChI=1S/C57H101NO5/c1-6-7-8-9-10-11-12-13-14-15-16-17-18-19-20-26-39-60-47-61-46-52(45-58-37-24-21-25-38-58)63-43-41-59-40-42-62-51-33-35-57(5)50(44-51)29-31-53-54-32-30-49(28-23-22-27-48(2)3)56(54,4)36-34-55(53)57/h10-11,13-14,29,48-49,51-55H,6-9,12,15-28,30-47H2,1-5H3/b11-10-,14-13-/t49-,51-,52?,53-,54-,55-,56+,57-/m0/s1. The van der Waals surface area contributed by atoms with E-state index >= 15 is 0 Å². The number of rotatable bonds is 34. The lowest BCUT2D eigenvalue weighted by Gasteiger charge is -2.58. The van der Waals surface area contributed by atoms with Gasteiger partial charge in [-0.3, -0.25) is 0 Å². The van der Waals surface area contributed by atoms with E-state index in [0.29, 0.717) is 56.8 Å². The van der Waals surface area contributed by atoms with Crippen LogP contribution >= 0.6 is 0 Å². The molecule has 364 valence electrons. The number of nitrogens with zero attached hydrogens (tertiary/aromatic N) is 1. The lowest BCUT2D eigenvalue weighted by molar-refractivity contribution is -0.106. The Balaban J connectivity index is 0.884. The molecule has 1 aliphatic heterocycles. The molecular weight excluding hydrogens is 779 g/mol. The highest BCUT2D eigenvalue weighted by atomic mass is 16.7. The van der Waals surface area contributed by atoms with E-state index in [0.717, 1.165) is 75.1 Å². The van der Waals surface area contributed by atoms with Crippen LogP contribution in [0.1, 0.15) is 208 Å². The minimum Gasteiger partial charge on any atom is -0.377 e. The average Bonchev–Trinajstić information content (AvgIpc) is 3.62. The van der Waals surface area contributed by atoms with Gasteiger partial charge in [0, 0.05) is 13.2 Å². The molecule has 0 aromatic rings. The van der Waals surface area contributed by atoms with Crippen LogP contribution in [-0.4, -0.2) is 83.2 Å². The summed E-state index contributed by atoms with van der Waals surface area (Å²) >= 11 is 0. The van der Waals surface area contributed by atoms with Crippen LogP contribution in [0.25, 0.3) is 0 Å². The van der Waals surface area contributed by atoms with Crippen molar-refractivity contribution in [2.75, 3.05) is 66.1 Å². The van der Waals surface area contributed by atoms with E-state index in [9.17, 15) is 0 Å². The van der Waals surface area contributed by atoms with Crippen LogP contribution in [-0.2, 0) is 23.7 Å². The summed E-state index contributed by atoms with van der Waals surface area (Å²) in [4.78, 5) is 2.54. The fraction of sp³-hybridized carbons (Fsp3) is 0.895. The molecule has 6 heteroatoms. The Kier molecular flexibility index (Phi) is 25.5. The third-order valence-corrected chi connectivity index (χ3v) is 16.9. The quantitative estimate of drug-likeness (QED) is 0.0365. The first-order chi connectivity index (χ1) is 30.8. The molecule has 1 saturated heterocycles. The van der Waals surface area contributed by atoms with Crippen molar-refractivity contribution in [2.24, 2.45) is 40.4 Å². The summed E-state index contributed by atoms with van der Waals surface area (Å²) in [6, 6.07) is 0. The molecular formula is C57H101NO5. The first-order valence-corrected chi connectivity index (χ1v) is 27.5. The van der Waals surface area contributed by atoms with Crippen molar-refractivity contribution in [3.8, 4) is 0 Å². The largest absolute Gasteiger partial charge is 0.377 e. The van der Waals surface area contributed by atoms with Crippen molar-refractivity contribution in [3.05, 3.63) is 36.0 Å². The maximum atomic E-state index is 6.50. The number of piperidine rings is 1. The van der Waals surface area contributed by atoms with E-state index in [-0.39, 0.29) is 6.10 Å². The van der Waals surface area contributed by atoms with Crippen molar-refractivity contribution < 1.29 is 23.7 Å². The van der Waals surface area contributed by atoms with Gasteiger partial charge in [-0.15, -0.1) is 0 Å². The van der Waals surface area contributed by atoms with Gasteiger partial charge in [-0.25, -0.2) is 0 Å². The monoisotopic (exact) mass is 880 g/mol.